The van der Waals surface area contributed by atoms with Gasteiger partial charge in [-0.05, 0) is 13.8 Å². The number of nitrogens with two attached hydrogens (primary N) is 1. The molecule has 2 bridgehead atoms. The van der Waals surface area contributed by atoms with Crippen molar-refractivity contribution in [3.8, 4) is 5.75 Å². The molecule has 266 valence electrons. The molecule has 7 heterocycles. The first-order chi connectivity index (χ1) is 23.6. The molecule has 7 rings (SSSR count). The molecule has 5 aliphatic rings. The largest absolute Gasteiger partial charge is 1.00 e. The molecule has 3 amide bonds. The molecule has 2 aromatic rings. The number of rotatable bonds is 10. The molecule has 2 aromatic heterocycles. The number of piperidine rings is 1. The summed E-state index contributed by atoms with van der Waals surface area (Å²) in [5.41, 5.74) is 2.99. The van der Waals surface area contributed by atoms with Crippen molar-refractivity contribution in [2.24, 2.45) is 5.16 Å². The van der Waals surface area contributed by atoms with Crippen molar-refractivity contribution in [2.75, 3.05) is 44.2 Å². The normalized spacial score (nSPS) is 24.5. The summed E-state index contributed by atoms with van der Waals surface area (Å²) < 4.78 is 0.491. The van der Waals surface area contributed by atoms with Crippen molar-refractivity contribution in [3.63, 3.8) is 0 Å². The summed E-state index contributed by atoms with van der Waals surface area (Å²) in [6.07, 6.45) is 2.37. The van der Waals surface area contributed by atoms with Crippen LogP contribution in [-0.4, -0.2) is 126 Å². The smallest absolute Gasteiger partial charge is 0.546 e. The van der Waals surface area contributed by atoms with E-state index >= 15 is 0 Å². The summed E-state index contributed by atoms with van der Waals surface area (Å²) in [6.45, 7) is 4.83. The van der Waals surface area contributed by atoms with Crippen LogP contribution in [0.4, 0.5) is 5.13 Å². The molecule has 51 heavy (non-hydrogen) atoms. The van der Waals surface area contributed by atoms with Gasteiger partial charge < -0.3 is 55.2 Å². The van der Waals surface area contributed by atoms with Crippen molar-refractivity contribution >= 4 is 63.6 Å². The number of nitrogens with one attached hydrogen (secondary N) is 2. The van der Waals surface area contributed by atoms with Crippen LogP contribution in [0, 0.1) is 0 Å². The SMILES string of the molecule is CC(C)(O/N=C(/C(=O)N[C@@H]1C(=O)N2C(C(=O)[O-])=C(C[N+]34CCC(CC3)N(C(=O)c3cc(=O)c(O)c[nH]3)CC4)CS[C@H]12)c1csc(N)n1)C(=O)[O-].[Na+]. The van der Waals surface area contributed by atoms with Crippen LogP contribution in [0.5, 0.6) is 5.75 Å². The number of fused-ring (bicyclic) bond motifs is 5. The Morgan fingerprint density at radius 1 is 1.22 bits per heavy atom. The van der Waals surface area contributed by atoms with Crippen LogP contribution in [0.1, 0.15) is 42.9 Å². The van der Waals surface area contributed by atoms with Gasteiger partial charge in [0, 0.05) is 47.9 Å². The average Bonchev–Trinajstić information content (AvgIpc) is 3.32. The van der Waals surface area contributed by atoms with Crippen molar-refractivity contribution in [1.82, 2.24) is 25.1 Å². The van der Waals surface area contributed by atoms with Crippen LogP contribution in [0.15, 0.2) is 38.9 Å². The Labute approximate surface area is 320 Å². The van der Waals surface area contributed by atoms with Crippen LogP contribution in [0.25, 0.3) is 0 Å². The third-order valence-corrected chi connectivity index (χ3v) is 11.4. The second kappa shape index (κ2) is 14.6. The maximum atomic E-state index is 13.5. The van der Waals surface area contributed by atoms with E-state index in [4.69, 9.17) is 10.6 Å². The quantitative estimate of drug-likeness (QED) is 0.0580. The first-order valence-electron chi connectivity index (χ1n) is 15.6. The number of nitrogens with zero attached hydrogens (tertiary/aromatic N) is 5. The second-order valence-corrected chi connectivity index (χ2v) is 15.0. The number of hydrogen-bond donors (Lipinski definition) is 4. The number of pyridine rings is 1. The van der Waals surface area contributed by atoms with Crippen molar-refractivity contribution in [3.05, 3.63) is 50.5 Å². The molecular formula is C30H33N8NaO10S2. The molecule has 4 saturated heterocycles. The molecule has 0 unspecified atom stereocenters. The van der Waals surface area contributed by atoms with E-state index in [1.54, 1.807) is 4.90 Å². The maximum Gasteiger partial charge on any atom is 1.00 e. The summed E-state index contributed by atoms with van der Waals surface area (Å²) in [6, 6.07) is -0.160. The van der Waals surface area contributed by atoms with E-state index in [1.165, 1.54) is 31.0 Å². The van der Waals surface area contributed by atoms with Gasteiger partial charge in [0.2, 0.25) is 5.43 Å². The summed E-state index contributed by atoms with van der Waals surface area (Å²) in [4.78, 5) is 90.7. The molecule has 4 fully saturated rings. The first-order valence-corrected chi connectivity index (χ1v) is 17.5. The molecule has 5 N–H and O–H groups in total. The minimum Gasteiger partial charge on any atom is -0.546 e. The van der Waals surface area contributed by atoms with Gasteiger partial charge in [0.25, 0.3) is 17.7 Å². The number of quaternary nitrogens is 1. The van der Waals surface area contributed by atoms with Crippen molar-refractivity contribution < 1.29 is 78.2 Å². The van der Waals surface area contributed by atoms with E-state index in [0.717, 1.165) is 28.5 Å². The molecular weight excluding hydrogens is 720 g/mol. The topological polar surface area (TPSA) is 264 Å². The number of aliphatic carboxylic acids is 2. The van der Waals surface area contributed by atoms with Crippen LogP contribution >= 0.6 is 23.1 Å². The Hall–Kier alpha value is -3.95. The fourth-order valence-corrected chi connectivity index (χ4v) is 8.47. The monoisotopic (exact) mass is 752 g/mol. The number of nitrogen functional groups attached to an aromatic ring is 1. The summed E-state index contributed by atoms with van der Waals surface area (Å²) in [5, 5.41) is 40.5. The zero-order chi connectivity index (χ0) is 36.1. The molecule has 0 aromatic carbocycles. The van der Waals surface area contributed by atoms with Gasteiger partial charge in [-0.25, -0.2) is 4.98 Å². The molecule has 21 heteroatoms. The Morgan fingerprint density at radius 2 is 1.92 bits per heavy atom. The van der Waals surface area contributed by atoms with E-state index in [-0.39, 0.29) is 69.5 Å². The van der Waals surface area contributed by atoms with E-state index < -0.39 is 57.7 Å². The standard InChI is InChI=1S/C30H34N8O10S2.Na/c1-30(2,28(46)47)48-35-20(17-13-50-29(31)33-17)23(41)34-21-25(43)37-22(27(44)45)14(12-49-26(21)37)11-38-6-3-15(4-7-38)36(5-8-38)24(42)16-9-18(39)19(40)10-32-16;/h9-10,13,15,21,26H,3-8,11-12H2,1-2H3,(H6-,31,32,33,34,35,39,40,41,42,44,45,46,47);/q;+1/p-1/t15?,21-,26-,38?;/m1./s1. The maximum absolute atomic E-state index is 13.5. The molecule has 0 radical (unpaired) electrons. The molecule has 0 aliphatic carbocycles. The second-order valence-electron chi connectivity index (χ2n) is 13.0. The van der Waals surface area contributed by atoms with Gasteiger partial charge in [-0.3, -0.25) is 24.1 Å². The zero-order valence-corrected chi connectivity index (χ0v) is 31.5. The Bertz CT molecular complexity index is 1900. The van der Waals surface area contributed by atoms with Gasteiger partial charge in [-0.1, -0.05) is 5.16 Å². The van der Waals surface area contributed by atoms with E-state index in [1.807, 2.05) is 0 Å². The van der Waals surface area contributed by atoms with Crippen molar-refractivity contribution in [2.45, 2.75) is 49.7 Å². The number of β-lactam (4-membered cyclic amide) rings is 1. The number of thiazole rings is 1. The third-order valence-electron chi connectivity index (χ3n) is 9.40. The van der Waals surface area contributed by atoms with Gasteiger partial charge in [-0.2, -0.15) is 0 Å². The van der Waals surface area contributed by atoms with E-state index in [9.17, 15) is 44.1 Å². The van der Waals surface area contributed by atoms with Crippen LogP contribution in [0.3, 0.4) is 0 Å². The number of carbonyl (C=O) groups excluding carboxylic acids is 5. The molecule has 0 spiro atoms. The number of aromatic hydroxyl groups is 1. The fourth-order valence-electron chi connectivity index (χ4n) is 6.59. The number of aromatic nitrogens is 2. The summed E-state index contributed by atoms with van der Waals surface area (Å²) >= 11 is 2.27. The van der Waals surface area contributed by atoms with Crippen molar-refractivity contribution in [1.29, 1.82) is 0 Å². The third kappa shape index (κ3) is 7.38. The number of hydrogen-bond acceptors (Lipinski definition) is 15. The zero-order valence-electron chi connectivity index (χ0n) is 27.9. The predicted molar refractivity (Wildman–Crippen MR) is 173 cm³/mol. The van der Waals surface area contributed by atoms with E-state index in [2.05, 4.69) is 20.4 Å². The van der Waals surface area contributed by atoms with Crippen LogP contribution < -0.4 is 56.2 Å². The number of carbonyl (C=O) groups is 5. The molecule has 18 nitrogen and oxygen atoms in total. The number of amides is 3. The number of carboxylic acid groups (broad SMARTS) is 2. The van der Waals surface area contributed by atoms with Gasteiger partial charge in [-0.15, -0.1) is 23.1 Å². The fraction of sp³-hybridized carbons (Fsp3) is 0.467. The minimum absolute atomic E-state index is 0. The van der Waals surface area contributed by atoms with Gasteiger partial charge in [0.05, 0.1) is 43.8 Å². The number of anilines is 1. The van der Waals surface area contributed by atoms with Gasteiger partial charge in [0.1, 0.15) is 29.3 Å². The van der Waals surface area contributed by atoms with Gasteiger partial charge >= 0.3 is 29.6 Å². The number of oxime groups is 1. The summed E-state index contributed by atoms with van der Waals surface area (Å²) in [5.74, 6) is -5.34. The molecule has 2 atom stereocenters. The number of carboxylic acids is 2. The summed E-state index contributed by atoms with van der Waals surface area (Å²) in [7, 11) is 0. The van der Waals surface area contributed by atoms with Gasteiger partial charge in [0.15, 0.2) is 22.2 Å². The predicted octanol–water partition coefficient (Wildman–Crippen LogP) is -6.09. The number of H-pyrrole nitrogens is 1. The minimum atomic E-state index is -1.91. The number of thioether (sulfide) groups is 1. The van der Waals surface area contributed by atoms with Crippen LogP contribution in [0.2, 0.25) is 0 Å². The molecule has 0 saturated carbocycles. The number of aromatic amines is 1. The first kappa shape index (κ1) is 38.3. The average molecular weight is 753 g/mol. The Morgan fingerprint density at radius 3 is 2.53 bits per heavy atom. The van der Waals surface area contributed by atoms with Crippen LogP contribution in [-0.2, 0) is 24.0 Å². The Kier molecular flexibility index (Phi) is 10.9. The van der Waals surface area contributed by atoms with E-state index in [0.29, 0.717) is 55.6 Å². The molecule has 5 aliphatic heterocycles. The Balaban J connectivity index is 0.00000504.